The van der Waals surface area contributed by atoms with Crippen molar-refractivity contribution in [2.75, 3.05) is 6.61 Å². The van der Waals surface area contributed by atoms with E-state index in [2.05, 4.69) is 0 Å². The first-order chi connectivity index (χ1) is 10.0. The van der Waals surface area contributed by atoms with Gasteiger partial charge in [0.15, 0.2) is 12.4 Å². The molecule has 2 aromatic carbocycles. The van der Waals surface area contributed by atoms with Crippen LogP contribution < -0.4 is 4.74 Å². The van der Waals surface area contributed by atoms with Crippen molar-refractivity contribution in [2.24, 2.45) is 0 Å². The fraction of sp³-hybridized carbons (Fsp3) is 0.235. The SMILES string of the molecule is CCC(=O)c1ccc(OCC(F)(F)c2ccccc2)cc1. The molecule has 0 spiro atoms. The van der Waals surface area contributed by atoms with E-state index in [1.54, 1.807) is 37.3 Å². The van der Waals surface area contributed by atoms with Crippen molar-refractivity contribution in [1.82, 2.24) is 0 Å². The molecule has 0 aliphatic heterocycles. The molecule has 0 amide bonds. The van der Waals surface area contributed by atoms with Gasteiger partial charge in [-0.1, -0.05) is 37.3 Å². The molecule has 0 N–H and O–H groups in total. The van der Waals surface area contributed by atoms with Gasteiger partial charge in [-0.25, -0.2) is 0 Å². The van der Waals surface area contributed by atoms with Gasteiger partial charge in [0.1, 0.15) is 5.75 Å². The van der Waals surface area contributed by atoms with Gasteiger partial charge in [0, 0.05) is 17.5 Å². The monoisotopic (exact) mass is 290 g/mol. The first-order valence-corrected chi connectivity index (χ1v) is 6.72. The Morgan fingerprint density at radius 1 is 1.05 bits per heavy atom. The summed E-state index contributed by atoms with van der Waals surface area (Å²) in [6, 6.07) is 13.8. The molecule has 0 unspecified atom stereocenters. The second-order valence-corrected chi connectivity index (χ2v) is 4.66. The summed E-state index contributed by atoms with van der Waals surface area (Å²) in [7, 11) is 0. The van der Waals surface area contributed by atoms with Gasteiger partial charge < -0.3 is 4.74 Å². The minimum absolute atomic E-state index is 0.0103. The lowest BCUT2D eigenvalue weighted by Gasteiger charge is -2.17. The highest BCUT2D eigenvalue weighted by molar-refractivity contribution is 5.95. The minimum Gasteiger partial charge on any atom is -0.487 e. The number of ketones is 1. The lowest BCUT2D eigenvalue weighted by atomic mass is 10.1. The number of halogens is 2. The van der Waals surface area contributed by atoms with E-state index in [0.717, 1.165) is 0 Å². The van der Waals surface area contributed by atoms with E-state index in [1.807, 2.05) is 0 Å². The van der Waals surface area contributed by atoms with Crippen LogP contribution in [0.15, 0.2) is 54.6 Å². The van der Waals surface area contributed by atoms with E-state index in [0.29, 0.717) is 17.7 Å². The molecular weight excluding hydrogens is 274 g/mol. The maximum absolute atomic E-state index is 13.9. The van der Waals surface area contributed by atoms with Gasteiger partial charge in [0.05, 0.1) is 0 Å². The van der Waals surface area contributed by atoms with Crippen molar-refractivity contribution in [3.8, 4) is 5.75 Å². The van der Waals surface area contributed by atoms with Crippen LogP contribution in [0.5, 0.6) is 5.75 Å². The molecule has 110 valence electrons. The fourth-order valence-corrected chi connectivity index (χ4v) is 1.88. The van der Waals surface area contributed by atoms with Crippen molar-refractivity contribution in [3.63, 3.8) is 0 Å². The molecular formula is C17H16F2O2. The molecule has 2 nitrogen and oxygen atoms in total. The second kappa shape index (κ2) is 6.48. The van der Waals surface area contributed by atoms with Crippen LogP contribution in [0.3, 0.4) is 0 Å². The Bertz CT molecular complexity index is 592. The third kappa shape index (κ3) is 3.88. The molecule has 4 heteroatoms. The molecule has 0 radical (unpaired) electrons. The topological polar surface area (TPSA) is 26.3 Å². The van der Waals surface area contributed by atoms with Crippen molar-refractivity contribution < 1.29 is 18.3 Å². The molecule has 0 aliphatic rings. The summed E-state index contributed by atoms with van der Waals surface area (Å²) in [6.45, 7) is 1.03. The van der Waals surface area contributed by atoms with Crippen molar-refractivity contribution in [3.05, 3.63) is 65.7 Å². The quantitative estimate of drug-likeness (QED) is 0.735. The Hall–Kier alpha value is -2.23. The number of alkyl halides is 2. The summed E-state index contributed by atoms with van der Waals surface area (Å²) in [5.74, 6) is -2.73. The summed E-state index contributed by atoms with van der Waals surface area (Å²) in [5.41, 5.74) is 0.474. The molecule has 21 heavy (non-hydrogen) atoms. The number of hydrogen-bond acceptors (Lipinski definition) is 2. The molecule has 0 aromatic heterocycles. The smallest absolute Gasteiger partial charge is 0.306 e. The van der Waals surface area contributed by atoms with Gasteiger partial charge in [-0.15, -0.1) is 0 Å². The molecule has 0 atom stereocenters. The first-order valence-electron chi connectivity index (χ1n) is 6.72. The number of carbonyl (C=O) groups is 1. The predicted molar refractivity (Wildman–Crippen MR) is 76.9 cm³/mol. The van der Waals surface area contributed by atoms with Crippen LogP contribution in [0.25, 0.3) is 0 Å². The summed E-state index contributed by atoms with van der Waals surface area (Å²) in [6.07, 6.45) is 0.409. The van der Waals surface area contributed by atoms with Crippen LogP contribution in [0.2, 0.25) is 0 Å². The highest BCUT2D eigenvalue weighted by Crippen LogP contribution is 2.28. The zero-order valence-electron chi connectivity index (χ0n) is 11.7. The minimum atomic E-state index is -3.06. The van der Waals surface area contributed by atoms with Gasteiger partial charge in [0.2, 0.25) is 0 Å². The van der Waals surface area contributed by atoms with E-state index in [1.165, 1.54) is 24.3 Å². The lowest BCUT2D eigenvalue weighted by molar-refractivity contribution is -0.0467. The van der Waals surface area contributed by atoms with E-state index >= 15 is 0 Å². The molecule has 0 saturated heterocycles. The molecule has 2 rings (SSSR count). The highest BCUT2D eigenvalue weighted by atomic mass is 19.3. The summed E-state index contributed by atoms with van der Waals surface area (Å²) in [5, 5.41) is 0. The number of hydrogen-bond donors (Lipinski definition) is 0. The van der Waals surface area contributed by atoms with Crippen molar-refractivity contribution in [2.45, 2.75) is 19.3 Å². The van der Waals surface area contributed by atoms with Crippen LogP contribution >= 0.6 is 0 Å². The summed E-state index contributed by atoms with van der Waals surface area (Å²) < 4.78 is 33.0. The molecule has 0 saturated carbocycles. The van der Waals surface area contributed by atoms with Gasteiger partial charge in [-0.2, -0.15) is 8.78 Å². The Morgan fingerprint density at radius 3 is 2.24 bits per heavy atom. The second-order valence-electron chi connectivity index (χ2n) is 4.66. The molecule has 0 aliphatic carbocycles. The largest absolute Gasteiger partial charge is 0.487 e. The summed E-state index contributed by atoms with van der Waals surface area (Å²) in [4.78, 5) is 11.5. The third-order valence-electron chi connectivity index (χ3n) is 3.11. The predicted octanol–water partition coefficient (Wildman–Crippen LogP) is 4.45. The van der Waals surface area contributed by atoms with Crippen LogP contribution in [0, 0.1) is 0 Å². The lowest BCUT2D eigenvalue weighted by Crippen LogP contribution is -2.23. The highest BCUT2D eigenvalue weighted by Gasteiger charge is 2.32. The van der Waals surface area contributed by atoms with E-state index in [9.17, 15) is 13.6 Å². The summed E-state index contributed by atoms with van der Waals surface area (Å²) >= 11 is 0. The number of ether oxygens (including phenoxy) is 1. The zero-order chi connectivity index (χ0) is 15.3. The van der Waals surface area contributed by atoms with Crippen LogP contribution in [0.1, 0.15) is 29.3 Å². The number of benzene rings is 2. The average Bonchev–Trinajstić information content (AvgIpc) is 2.53. The Morgan fingerprint density at radius 2 is 1.67 bits per heavy atom. The van der Waals surface area contributed by atoms with E-state index in [-0.39, 0.29) is 11.3 Å². The molecule has 0 heterocycles. The Balaban J connectivity index is 2.01. The van der Waals surface area contributed by atoms with Gasteiger partial charge in [0.25, 0.3) is 0 Å². The number of rotatable bonds is 6. The Labute approximate surface area is 122 Å². The maximum Gasteiger partial charge on any atom is 0.306 e. The van der Waals surface area contributed by atoms with E-state index < -0.39 is 12.5 Å². The number of carbonyl (C=O) groups excluding carboxylic acids is 1. The van der Waals surface area contributed by atoms with Gasteiger partial charge in [-0.3, -0.25) is 4.79 Å². The first kappa shape index (κ1) is 15.2. The van der Waals surface area contributed by atoms with Gasteiger partial charge in [-0.05, 0) is 24.3 Å². The van der Waals surface area contributed by atoms with E-state index in [4.69, 9.17) is 4.74 Å². The maximum atomic E-state index is 13.9. The molecule has 0 bridgehead atoms. The zero-order valence-corrected chi connectivity index (χ0v) is 11.7. The van der Waals surface area contributed by atoms with Crippen LogP contribution in [-0.4, -0.2) is 12.4 Å². The normalized spacial score (nSPS) is 11.2. The van der Waals surface area contributed by atoms with Crippen molar-refractivity contribution >= 4 is 5.78 Å². The third-order valence-corrected chi connectivity index (χ3v) is 3.11. The average molecular weight is 290 g/mol. The van der Waals surface area contributed by atoms with Gasteiger partial charge >= 0.3 is 5.92 Å². The van der Waals surface area contributed by atoms with Crippen LogP contribution in [0.4, 0.5) is 8.78 Å². The van der Waals surface area contributed by atoms with Crippen molar-refractivity contribution in [1.29, 1.82) is 0 Å². The fourth-order valence-electron chi connectivity index (χ4n) is 1.88. The number of Topliss-reactive ketones (excluding diaryl/α,β-unsaturated/α-hetero) is 1. The van der Waals surface area contributed by atoms with Crippen LogP contribution in [-0.2, 0) is 5.92 Å². The molecule has 0 fully saturated rings. The standard InChI is InChI=1S/C17H16F2O2/c1-2-16(20)13-8-10-15(11-9-13)21-12-17(18,19)14-6-4-3-5-7-14/h3-11H,2,12H2,1H3. The Kier molecular flexibility index (Phi) is 4.68. The molecule has 2 aromatic rings.